The van der Waals surface area contributed by atoms with Crippen LogP contribution < -0.4 is 11.1 Å². The predicted octanol–water partition coefficient (Wildman–Crippen LogP) is 1.79. The highest BCUT2D eigenvalue weighted by atomic mass is 32.1. The zero-order chi connectivity index (χ0) is 10.8. The molecule has 4 heteroatoms. The summed E-state index contributed by atoms with van der Waals surface area (Å²) in [5.41, 5.74) is 5.42. The maximum absolute atomic E-state index is 5.42. The smallest absolute Gasteiger partial charge is 0.0937 e. The lowest BCUT2D eigenvalue weighted by molar-refractivity contribution is 0.590. The Kier molecular flexibility index (Phi) is 7.42. The van der Waals surface area contributed by atoms with Crippen molar-refractivity contribution in [3.63, 3.8) is 0 Å². The van der Waals surface area contributed by atoms with Crippen molar-refractivity contribution in [1.82, 2.24) is 10.3 Å². The van der Waals surface area contributed by atoms with E-state index in [-0.39, 0.29) is 0 Å². The molecular weight excluding hydrogens is 206 g/mol. The predicted molar refractivity (Wildman–Crippen MR) is 66.2 cm³/mol. The first-order valence-corrected chi connectivity index (χ1v) is 6.60. The quantitative estimate of drug-likeness (QED) is 0.632. The van der Waals surface area contributed by atoms with E-state index in [9.17, 15) is 0 Å². The van der Waals surface area contributed by atoms with Gasteiger partial charge in [-0.15, -0.1) is 11.3 Å². The minimum absolute atomic E-state index is 0.831. The fourth-order valence-electron chi connectivity index (χ4n) is 1.44. The lowest BCUT2D eigenvalue weighted by Gasteiger charge is -2.02. The average molecular weight is 227 g/mol. The monoisotopic (exact) mass is 227 g/mol. The number of thiazole rings is 1. The molecule has 1 aromatic rings. The van der Waals surface area contributed by atoms with Gasteiger partial charge in [-0.2, -0.15) is 0 Å². The third-order valence-corrected chi connectivity index (χ3v) is 3.15. The molecule has 0 amide bonds. The molecule has 0 radical (unpaired) electrons. The first kappa shape index (κ1) is 12.6. The van der Waals surface area contributed by atoms with Gasteiger partial charge >= 0.3 is 0 Å². The van der Waals surface area contributed by atoms with Crippen molar-refractivity contribution in [2.45, 2.75) is 32.1 Å². The van der Waals surface area contributed by atoms with E-state index in [0.717, 1.165) is 26.1 Å². The van der Waals surface area contributed by atoms with Gasteiger partial charge < -0.3 is 11.1 Å². The number of nitrogens with two attached hydrogens (primary N) is 1. The Morgan fingerprint density at radius 1 is 1.20 bits per heavy atom. The van der Waals surface area contributed by atoms with E-state index in [4.69, 9.17) is 5.73 Å². The zero-order valence-electron chi connectivity index (χ0n) is 9.24. The van der Waals surface area contributed by atoms with Gasteiger partial charge in [-0.05, 0) is 25.9 Å². The van der Waals surface area contributed by atoms with E-state index in [2.05, 4.69) is 10.3 Å². The van der Waals surface area contributed by atoms with Crippen molar-refractivity contribution in [2.75, 3.05) is 19.6 Å². The summed E-state index contributed by atoms with van der Waals surface area (Å²) >= 11 is 1.73. The Morgan fingerprint density at radius 2 is 2.07 bits per heavy atom. The molecule has 0 bridgehead atoms. The molecule has 3 N–H and O–H groups in total. The summed E-state index contributed by atoms with van der Waals surface area (Å²) in [4.78, 5) is 4.24. The van der Waals surface area contributed by atoms with Crippen LogP contribution in [-0.2, 0) is 6.42 Å². The SMILES string of the molecule is NCCCCCCNCCc1nccs1. The van der Waals surface area contributed by atoms with Gasteiger partial charge in [0.25, 0.3) is 0 Å². The first-order chi connectivity index (χ1) is 7.43. The van der Waals surface area contributed by atoms with Crippen LogP contribution in [0.4, 0.5) is 0 Å². The van der Waals surface area contributed by atoms with Gasteiger partial charge in [0.05, 0.1) is 5.01 Å². The largest absolute Gasteiger partial charge is 0.330 e. The molecule has 0 unspecified atom stereocenters. The van der Waals surface area contributed by atoms with Crippen LogP contribution >= 0.6 is 11.3 Å². The van der Waals surface area contributed by atoms with Gasteiger partial charge in [-0.25, -0.2) is 4.98 Å². The standard InChI is InChI=1S/C11H21N3S/c12-6-3-1-2-4-7-13-8-5-11-14-9-10-15-11/h9-10,13H,1-8,12H2. The maximum Gasteiger partial charge on any atom is 0.0937 e. The molecule has 0 aliphatic rings. The summed E-state index contributed by atoms with van der Waals surface area (Å²) in [6, 6.07) is 0. The van der Waals surface area contributed by atoms with Gasteiger partial charge in [-0.1, -0.05) is 12.8 Å². The van der Waals surface area contributed by atoms with Crippen LogP contribution in [0.5, 0.6) is 0 Å². The van der Waals surface area contributed by atoms with E-state index < -0.39 is 0 Å². The number of rotatable bonds is 9. The van der Waals surface area contributed by atoms with Gasteiger partial charge in [-0.3, -0.25) is 0 Å². The molecule has 1 aromatic heterocycles. The topological polar surface area (TPSA) is 50.9 Å². The number of hydrogen-bond acceptors (Lipinski definition) is 4. The van der Waals surface area contributed by atoms with E-state index in [1.807, 2.05) is 11.6 Å². The maximum atomic E-state index is 5.42. The molecular formula is C11H21N3S. The molecule has 15 heavy (non-hydrogen) atoms. The Morgan fingerprint density at radius 3 is 2.80 bits per heavy atom. The number of hydrogen-bond donors (Lipinski definition) is 2. The van der Waals surface area contributed by atoms with Crippen LogP contribution in [0.15, 0.2) is 11.6 Å². The third kappa shape index (κ3) is 6.60. The van der Waals surface area contributed by atoms with E-state index in [1.165, 1.54) is 30.7 Å². The zero-order valence-corrected chi connectivity index (χ0v) is 10.1. The van der Waals surface area contributed by atoms with Crippen LogP contribution in [0.3, 0.4) is 0 Å². The third-order valence-electron chi connectivity index (χ3n) is 2.31. The summed E-state index contributed by atoms with van der Waals surface area (Å²) in [6.45, 7) is 3.00. The van der Waals surface area contributed by atoms with Gasteiger partial charge in [0, 0.05) is 24.5 Å². The number of unbranched alkanes of at least 4 members (excludes halogenated alkanes) is 3. The number of nitrogens with one attached hydrogen (secondary N) is 1. The fourth-order valence-corrected chi connectivity index (χ4v) is 2.07. The normalized spacial score (nSPS) is 10.7. The van der Waals surface area contributed by atoms with Gasteiger partial charge in [0.15, 0.2) is 0 Å². The Balaban J connectivity index is 1.81. The molecule has 0 atom stereocenters. The summed E-state index contributed by atoms with van der Waals surface area (Å²) in [5, 5.41) is 6.69. The van der Waals surface area contributed by atoms with Crippen molar-refractivity contribution < 1.29 is 0 Å². The average Bonchev–Trinajstić information content (AvgIpc) is 2.75. The molecule has 0 saturated heterocycles. The second kappa shape index (κ2) is 8.83. The van der Waals surface area contributed by atoms with E-state index in [1.54, 1.807) is 11.3 Å². The molecule has 0 fully saturated rings. The summed E-state index contributed by atoms with van der Waals surface area (Å²) < 4.78 is 0. The van der Waals surface area contributed by atoms with E-state index in [0.29, 0.717) is 0 Å². The molecule has 0 aliphatic carbocycles. The first-order valence-electron chi connectivity index (χ1n) is 5.72. The Hall–Kier alpha value is -0.450. The highest BCUT2D eigenvalue weighted by Gasteiger charge is 1.94. The van der Waals surface area contributed by atoms with Crippen molar-refractivity contribution in [1.29, 1.82) is 0 Å². The Bertz CT molecular complexity index is 224. The number of nitrogens with zero attached hydrogens (tertiary/aromatic N) is 1. The van der Waals surface area contributed by atoms with Crippen molar-refractivity contribution in [3.05, 3.63) is 16.6 Å². The summed E-state index contributed by atoms with van der Waals surface area (Å²) in [5.74, 6) is 0. The number of aromatic nitrogens is 1. The molecule has 0 aliphatic heterocycles. The minimum Gasteiger partial charge on any atom is -0.330 e. The molecule has 0 saturated carbocycles. The summed E-state index contributed by atoms with van der Waals surface area (Å²) in [7, 11) is 0. The molecule has 0 spiro atoms. The molecule has 0 aromatic carbocycles. The van der Waals surface area contributed by atoms with Gasteiger partial charge in [0.2, 0.25) is 0 Å². The fraction of sp³-hybridized carbons (Fsp3) is 0.727. The van der Waals surface area contributed by atoms with Crippen LogP contribution in [0.25, 0.3) is 0 Å². The van der Waals surface area contributed by atoms with E-state index >= 15 is 0 Å². The molecule has 86 valence electrons. The van der Waals surface area contributed by atoms with Crippen LogP contribution in [0.1, 0.15) is 30.7 Å². The van der Waals surface area contributed by atoms with Crippen LogP contribution in [0, 0.1) is 0 Å². The minimum atomic E-state index is 0.831. The molecule has 1 heterocycles. The lowest BCUT2D eigenvalue weighted by Crippen LogP contribution is -2.18. The lowest BCUT2D eigenvalue weighted by atomic mass is 10.2. The van der Waals surface area contributed by atoms with Crippen LogP contribution in [-0.4, -0.2) is 24.6 Å². The Labute approximate surface area is 96.1 Å². The molecule has 1 rings (SSSR count). The molecule has 3 nitrogen and oxygen atoms in total. The highest BCUT2D eigenvalue weighted by molar-refractivity contribution is 7.09. The highest BCUT2D eigenvalue weighted by Crippen LogP contribution is 2.03. The van der Waals surface area contributed by atoms with Gasteiger partial charge in [0.1, 0.15) is 0 Å². The second-order valence-corrected chi connectivity index (χ2v) is 4.61. The second-order valence-electron chi connectivity index (χ2n) is 3.63. The van der Waals surface area contributed by atoms with Crippen molar-refractivity contribution >= 4 is 11.3 Å². The summed E-state index contributed by atoms with van der Waals surface area (Å²) in [6.07, 6.45) is 7.91. The van der Waals surface area contributed by atoms with Crippen molar-refractivity contribution in [3.8, 4) is 0 Å². The van der Waals surface area contributed by atoms with Crippen LogP contribution in [0.2, 0.25) is 0 Å². The van der Waals surface area contributed by atoms with Crippen molar-refractivity contribution in [2.24, 2.45) is 5.73 Å².